The van der Waals surface area contributed by atoms with Crippen molar-refractivity contribution in [1.82, 2.24) is 0 Å². The minimum Gasteiger partial charge on any atom is -0.0978 e. The number of allylic oxidation sites excluding steroid dienone is 1. The summed E-state index contributed by atoms with van der Waals surface area (Å²) < 4.78 is 1.14. The number of rotatable bonds is 4. The highest BCUT2D eigenvalue weighted by molar-refractivity contribution is 9.10. The van der Waals surface area contributed by atoms with Gasteiger partial charge in [-0.3, -0.25) is 0 Å². The van der Waals surface area contributed by atoms with E-state index in [9.17, 15) is 0 Å². The molecular weight excluding hydrogens is 316 g/mol. The van der Waals surface area contributed by atoms with Crippen molar-refractivity contribution in [2.75, 3.05) is 0 Å². The maximum atomic E-state index is 3.50. The lowest BCUT2D eigenvalue weighted by atomic mass is 10.0. The molecule has 1 aliphatic rings. The van der Waals surface area contributed by atoms with Gasteiger partial charge in [0.2, 0.25) is 0 Å². The van der Waals surface area contributed by atoms with E-state index >= 15 is 0 Å². The summed E-state index contributed by atoms with van der Waals surface area (Å²) in [7, 11) is 0. The van der Waals surface area contributed by atoms with Crippen molar-refractivity contribution in [2.45, 2.75) is 17.7 Å². The number of benzene rings is 2. The van der Waals surface area contributed by atoms with Crippen LogP contribution in [0.15, 0.2) is 69.4 Å². The van der Waals surface area contributed by atoms with Gasteiger partial charge >= 0.3 is 0 Å². The van der Waals surface area contributed by atoms with Gasteiger partial charge < -0.3 is 0 Å². The molecular formula is C17H15BrS. The molecule has 0 saturated heterocycles. The molecule has 0 atom stereocenters. The van der Waals surface area contributed by atoms with Crippen molar-refractivity contribution >= 4 is 33.3 Å². The quantitative estimate of drug-likeness (QED) is 0.620. The van der Waals surface area contributed by atoms with Crippen LogP contribution in [0.2, 0.25) is 0 Å². The standard InChI is InChI=1S/C17H15BrS/c18-15-10-8-14(9-11-15)17(13-6-7-13)12-19-16-4-2-1-3-5-16/h1-5,8-13H,6-7H2/b17-12-. The van der Waals surface area contributed by atoms with E-state index in [2.05, 4.69) is 75.9 Å². The Kier molecular flexibility index (Phi) is 4.09. The molecule has 96 valence electrons. The highest BCUT2D eigenvalue weighted by Gasteiger charge is 2.26. The average molecular weight is 331 g/mol. The first-order valence-electron chi connectivity index (χ1n) is 6.50. The van der Waals surface area contributed by atoms with Crippen LogP contribution in [-0.4, -0.2) is 0 Å². The van der Waals surface area contributed by atoms with E-state index in [1.54, 1.807) is 0 Å². The predicted molar refractivity (Wildman–Crippen MR) is 87.1 cm³/mol. The molecule has 2 aromatic rings. The molecule has 3 rings (SSSR count). The molecule has 0 nitrogen and oxygen atoms in total. The number of hydrogen-bond donors (Lipinski definition) is 0. The van der Waals surface area contributed by atoms with Gasteiger partial charge in [-0.2, -0.15) is 0 Å². The van der Waals surface area contributed by atoms with E-state index in [1.165, 1.54) is 28.9 Å². The molecule has 0 aromatic heterocycles. The molecule has 0 aliphatic heterocycles. The van der Waals surface area contributed by atoms with Crippen LogP contribution < -0.4 is 0 Å². The summed E-state index contributed by atoms with van der Waals surface area (Å²) in [5, 5.41) is 2.33. The highest BCUT2D eigenvalue weighted by Crippen LogP contribution is 2.43. The topological polar surface area (TPSA) is 0 Å². The Hall–Kier alpha value is -0.990. The van der Waals surface area contributed by atoms with Crippen molar-refractivity contribution in [2.24, 2.45) is 5.92 Å². The average Bonchev–Trinajstić information content (AvgIpc) is 3.27. The first-order chi connectivity index (χ1) is 9.33. The monoisotopic (exact) mass is 330 g/mol. The van der Waals surface area contributed by atoms with Crippen LogP contribution in [0.25, 0.3) is 5.57 Å². The van der Waals surface area contributed by atoms with Gasteiger partial charge in [-0.1, -0.05) is 58.0 Å². The van der Waals surface area contributed by atoms with E-state index in [0.29, 0.717) is 0 Å². The predicted octanol–water partition coefficient (Wildman–Crippen LogP) is 5.99. The first-order valence-corrected chi connectivity index (χ1v) is 8.18. The van der Waals surface area contributed by atoms with E-state index in [0.717, 1.165) is 10.4 Å². The number of hydrogen-bond acceptors (Lipinski definition) is 1. The molecule has 19 heavy (non-hydrogen) atoms. The van der Waals surface area contributed by atoms with Gasteiger partial charge in [0.25, 0.3) is 0 Å². The normalized spacial score (nSPS) is 15.5. The largest absolute Gasteiger partial charge is 0.0978 e. The third kappa shape index (κ3) is 3.52. The van der Waals surface area contributed by atoms with E-state index in [1.807, 2.05) is 11.8 Å². The van der Waals surface area contributed by atoms with E-state index in [-0.39, 0.29) is 0 Å². The van der Waals surface area contributed by atoms with Crippen molar-refractivity contribution in [1.29, 1.82) is 0 Å². The second-order valence-electron chi connectivity index (χ2n) is 4.79. The number of halogens is 1. The summed E-state index contributed by atoms with van der Waals surface area (Å²) in [5.41, 5.74) is 2.84. The Morgan fingerprint density at radius 3 is 2.32 bits per heavy atom. The second-order valence-corrected chi connectivity index (χ2v) is 6.64. The van der Waals surface area contributed by atoms with Gasteiger partial charge in [-0.05, 0) is 59.6 Å². The minimum atomic E-state index is 0.761. The lowest BCUT2D eigenvalue weighted by molar-refractivity contribution is 1.15. The van der Waals surface area contributed by atoms with Crippen LogP contribution in [0.1, 0.15) is 18.4 Å². The molecule has 2 aromatic carbocycles. The zero-order valence-corrected chi connectivity index (χ0v) is 13.0. The van der Waals surface area contributed by atoms with Crippen LogP contribution in [-0.2, 0) is 0 Å². The fourth-order valence-electron chi connectivity index (χ4n) is 2.07. The van der Waals surface area contributed by atoms with E-state index in [4.69, 9.17) is 0 Å². The molecule has 1 aliphatic carbocycles. The van der Waals surface area contributed by atoms with Crippen LogP contribution >= 0.6 is 27.7 Å². The molecule has 2 heteroatoms. The Balaban J connectivity index is 1.83. The molecule has 1 saturated carbocycles. The molecule has 0 N–H and O–H groups in total. The summed E-state index contributed by atoms with van der Waals surface area (Å²) in [4.78, 5) is 1.30. The first kappa shape index (κ1) is 13.0. The SMILES string of the molecule is Brc1ccc(/C(=C\Sc2ccccc2)C2CC2)cc1. The molecule has 0 unspecified atom stereocenters. The smallest absolute Gasteiger partial charge is 0.0175 e. The van der Waals surface area contributed by atoms with Crippen LogP contribution in [0, 0.1) is 5.92 Å². The lowest BCUT2D eigenvalue weighted by Gasteiger charge is -2.07. The minimum absolute atomic E-state index is 0.761. The second kappa shape index (κ2) is 5.98. The summed E-state index contributed by atoms with van der Waals surface area (Å²) in [5.74, 6) is 0.761. The van der Waals surface area contributed by atoms with Crippen LogP contribution in [0.3, 0.4) is 0 Å². The lowest BCUT2D eigenvalue weighted by Crippen LogP contribution is -1.85. The van der Waals surface area contributed by atoms with Gasteiger partial charge in [0.1, 0.15) is 0 Å². The van der Waals surface area contributed by atoms with Crippen molar-refractivity contribution in [3.63, 3.8) is 0 Å². The van der Waals surface area contributed by atoms with Crippen molar-refractivity contribution in [3.05, 3.63) is 70.0 Å². The Morgan fingerprint density at radius 2 is 1.68 bits per heavy atom. The summed E-state index contributed by atoms with van der Waals surface area (Å²) >= 11 is 5.32. The van der Waals surface area contributed by atoms with Crippen LogP contribution in [0.5, 0.6) is 0 Å². The molecule has 0 bridgehead atoms. The fourth-order valence-corrected chi connectivity index (χ4v) is 3.24. The van der Waals surface area contributed by atoms with Crippen LogP contribution in [0.4, 0.5) is 0 Å². The molecule has 0 amide bonds. The fraction of sp³-hybridized carbons (Fsp3) is 0.176. The number of thioether (sulfide) groups is 1. The van der Waals surface area contributed by atoms with Crippen molar-refractivity contribution in [3.8, 4) is 0 Å². The molecule has 1 fully saturated rings. The maximum absolute atomic E-state index is 3.50. The summed E-state index contributed by atoms with van der Waals surface area (Å²) in [6, 6.07) is 19.2. The summed E-state index contributed by atoms with van der Waals surface area (Å²) in [6.07, 6.45) is 2.66. The van der Waals surface area contributed by atoms with E-state index < -0.39 is 0 Å². The maximum Gasteiger partial charge on any atom is 0.0175 e. The van der Waals surface area contributed by atoms with Gasteiger partial charge in [0.05, 0.1) is 0 Å². The Bertz CT molecular complexity index is 568. The third-order valence-corrected chi connectivity index (χ3v) is 4.70. The summed E-state index contributed by atoms with van der Waals surface area (Å²) in [6.45, 7) is 0. The molecule has 0 heterocycles. The Morgan fingerprint density at radius 1 is 1.00 bits per heavy atom. The van der Waals surface area contributed by atoms with Gasteiger partial charge in [-0.15, -0.1) is 0 Å². The third-order valence-electron chi connectivity index (χ3n) is 3.26. The van der Waals surface area contributed by atoms with Crippen molar-refractivity contribution < 1.29 is 0 Å². The molecule has 0 spiro atoms. The van der Waals surface area contributed by atoms with Gasteiger partial charge in [-0.25, -0.2) is 0 Å². The zero-order chi connectivity index (χ0) is 13.1. The molecule has 0 radical (unpaired) electrons. The van der Waals surface area contributed by atoms with Gasteiger partial charge in [0, 0.05) is 9.37 Å². The highest BCUT2D eigenvalue weighted by atomic mass is 79.9. The zero-order valence-electron chi connectivity index (χ0n) is 10.6. The Labute approximate surface area is 127 Å². The van der Waals surface area contributed by atoms with Gasteiger partial charge in [0.15, 0.2) is 0 Å².